The maximum absolute atomic E-state index is 5.37. The number of hydrogen-bond acceptors (Lipinski definition) is 2. The van der Waals surface area contributed by atoms with E-state index >= 15 is 0 Å². The highest BCUT2D eigenvalue weighted by molar-refractivity contribution is 9.10. The third-order valence-corrected chi connectivity index (χ3v) is 4.21. The normalized spacial score (nSPS) is 17.6. The Kier molecular flexibility index (Phi) is 4.46. The molecule has 3 heteroatoms. The molecule has 94 valence electrons. The molecule has 1 atom stereocenters. The Bertz CT molecular complexity index is 376. The Morgan fingerprint density at radius 2 is 2.24 bits per heavy atom. The molecule has 1 aromatic carbocycles. The summed E-state index contributed by atoms with van der Waals surface area (Å²) in [5.41, 5.74) is 1.22. The fourth-order valence-electron chi connectivity index (χ4n) is 2.26. The average Bonchev–Trinajstić information content (AvgIpc) is 2.24. The van der Waals surface area contributed by atoms with Crippen LogP contribution in [-0.4, -0.2) is 13.2 Å². The van der Waals surface area contributed by atoms with E-state index in [1.54, 1.807) is 7.11 Å². The van der Waals surface area contributed by atoms with Gasteiger partial charge in [-0.1, -0.05) is 22.4 Å². The summed E-state index contributed by atoms with van der Waals surface area (Å²) < 4.78 is 6.48. The van der Waals surface area contributed by atoms with Crippen LogP contribution in [0.15, 0.2) is 22.7 Å². The van der Waals surface area contributed by atoms with Gasteiger partial charge in [0.1, 0.15) is 5.75 Å². The summed E-state index contributed by atoms with van der Waals surface area (Å²) in [5.74, 6) is 1.83. The molecule has 2 rings (SSSR count). The van der Waals surface area contributed by atoms with Crippen LogP contribution < -0.4 is 10.1 Å². The first kappa shape index (κ1) is 12.9. The number of ether oxygens (including phenoxy) is 1. The van der Waals surface area contributed by atoms with Crippen molar-refractivity contribution >= 4 is 15.9 Å². The van der Waals surface area contributed by atoms with E-state index in [0.29, 0.717) is 6.04 Å². The van der Waals surface area contributed by atoms with Gasteiger partial charge in [-0.05, 0) is 43.9 Å². The molecule has 0 radical (unpaired) electrons. The third kappa shape index (κ3) is 3.23. The molecule has 0 saturated heterocycles. The quantitative estimate of drug-likeness (QED) is 0.894. The summed E-state index contributed by atoms with van der Waals surface area (Å²) in [7, 11) is 1.72. The molecular formula is C14H20BrNO. The van der Waals surface area contributed by atoms with Crippen molar-refractivity contribution in [3.05, 3.63) is 28.2 Å². The van der Waals surface area contributed by atoms with Gasteiger partial charge >= 0.3 is 0 Å². The van der Waals surface area contributed by atoms with Crippen molar-refractivity contribution in [2.75, 3.05) is 7.11 Å². The maximum atomic E-state index is 5.37. The molecular weight excluding hydrogens is 278 g/mol. The van der Waals surface area contributed by atoms with Crippen LogP contribution in [0.3, 0.4) is 0 Å². The van der Waals surface area contributed by atoms with Crippen LogP contribution in [-0.2, 0) is 6.54 Å². The van der Waals surface area contributed by atoms with Crippen molar-refractivity contribution in [2.45, 2.75) is 38.8 Å². The maximum Gasteiger partial charge on any atom is 0.123 e. The van der Waals surface area contributed by atoms with E-state index in [4.69, 9.17) is 4.74 Å². The van der Waals surface area contributed by atoms with Crippen LogP contribution in [0.1, 0.15) is 31.7 Å². The highest BCUT2D eigenvalue weighted by atomic mass is 79.9. The van der Waals surface area contributed by atoms with Gasteiger partial charge in [-0.25, -0.2) is 0 Å². The molecule has 0 heterocycles. The van der Waals surface area contributed by atoms with E-state index in [1.165, 1.54) is 24.8 Å². The Labute approximate surface area is 112 Å². The zero-order valence-electron chi connectivity index (χ0n) is 10.5. The van der Waals surface area contributed by atoms with Crippen LogP contribution in [0.4, 0.5) is 0 Å². The average molecular weight is 298 g/mol. The number of hydrogen-bond donors (Lipinski definition) is 1. The first-order chi connectivity index (χ1) is 8.20. The van der Waals surface area contributed by atoms with E-state index in [1.807, 2.05) is 12.1 Å². The minimum Gasteiger partial charge on any atom is -0.496 e. The number of rotatable bonds is 5. The topological polar surface area (TPSA) is 21.3 Å². The standard InChI is InChI=1S/C14H20BrNO/c1-10(11-4-3-5-11)16-9-12-8-13(15)6-7-14(12)17-2/h6-8,10-11,16H,3-5,9H2,1-2H3. The molecule has 1 fully saturated rings. The first-order valence-corrected chi connectivity index (χ1v) is 7.06. The largest absolute Gasteiger partial charge is 0.496 e. The second-order valence-corrected chi connectivity index (χ2v) is 5.73. The first-order valence-electron chi connectivity index (χ1n) is 6.26. The summed E-state index contributed by atoms with van der Waals surface area (Å²) in [6, 6.07) is 6.75. The van der Waals surface area contributed by atoms with Crippen molar-refractivity contribution < 1.29 is 4.74 Å². The van der Waals surface area contributed by atoms with Crippen LogP contribution >= 0.6 is 15.9 Å². The van der Waals surface area contributed by atoms with Crippen LogP contribution in [0.5, 0.6) is 5.75 Å². The van der Waals surface area contributed by atoms with Gasteiger partial charge < -0.3 is 10.1 Å². The molecule has 1 aliphatic carbocycles. The van der Waals surface area contributed by atoms with Gasteiger partial charge in [0.2, 0.25) is 0 Å². The highest BCUT2D eigenvalue weighted by Crippen LogP contribution is 2.30. The number of benzene rings is 1. The second-order valence-electron chi connectivity index (χ2n) is 4.82. The molecule has 0 spiro atoms. The SMILES string of the molecule is COc1ccc(Br)cc1CNC(C)C1CCC1. The van der Waals surface area contributed by atoms with Gasteiger partial charge in [0.25, 0.3) is 0 Å². The minimum absolute atomic E-state index is 0.604. The van der Waals surface area contributed by atoms with Crippen LogP contribution in [0.25, 0.3) is 0 Å². The van der Waals surface area contributed by atoms with Gasteiger partial charge in [-0.2, -0.15) is 0 Å². The molecule has 0 aromatic heterocycles. The Morgan fingerprint density at radius 1 is 1.47 bits per heavy atom. The summed E-state index contributed by atoms with van der Waals surface area (Å²) in [5, 5.41) is 3.60. The van der Waals surface area contributed by atoms with E-state index in [9.17, 15) is 0 Å². The Morgan fingerprint density at radius 3 is 2.82 bits per heavy atom. The van der Waals surface area contributed by atoms with Gasteiger partial charge in [-0.3, -0.25) is 0 Å². The Hall–Kier alpha value is -0.540. The molecule has 2 nitrogen and oxygen atoms in total. The molecule has 1 saturated carbocycles. The predicted octanol–water partition coefficient (Wildman–Crippen LogP) is 3.74. The summed E-state index contributed by atoms with van der Waals surface area (Å²) in [6.07, 6.45) is 4.16. The third-order valence-electron chi connectivity index (χ3n) is 3.71. The molecule has 0 aliphatic heterocycles. The van der Waals surface area contributed by atoms with Crippen molar-refractivity contribution in [1.82, 2.24) is 5.32 Å². The number of methoxy groups -OCH3 is 1. The minimum atomic E-state index is 0.604. The molecule has 0 amide bonds. The van der Waals surface area contributed by atoms with Crippen molar-refractivity contribution in [1.29, 1.82) is 0 Å². The summed E-state index contributed by atoms with van der Waals surface area (Å²) >= 11 is 3.50. The van der Waals surface area contributed by atoms with E-state index < -0.39 is 0 Å². The van der Waals surface area contributed by atoms with E-state index in [2.05, 4.69) is 34.2 Å². The highest BCUT2D eigenvalue weighted by Gasteiger charge is 2.23. The van der Waals surface area contributed by atoms with Crippen molar-refractivity contribution in [3.63, 3.8) is 0 Å². The fraction of sp³-hybridized carbons (Fsp3) is 0.571. The molecule has 1 N–H and O–H groups in total. The zero-order chi connectivity index (χ0) is 12.3. The van der Waals surface area contributed by atoms with Crippen molar-refractivity contribution in [3.8, 4) is 5.75 Å². The lowest BCUT2D eigenvalue weighted by Gasteiger charge is -2.32. The van der Waals surface area contributed by atoms with Crippen LogP contribution in [0, 0.1) is 5.92 Å². The van der Waals surface area contributed by atoms with E-state index in [0.717, 1.165) is 22.7 Å². The lowest BCUT2D eigenvalue weighted by atomic mass is 9.80. The number of halogens is 1. The zero-order valence-corrected chi connectivity index (χ0v) is 12.1. The molecule has 17 heavy (non-hydrogen) atoms. The van der Waals surface area contributed by atoms with Gasteiger partial charge in [0.15, 0.2) is 0 Å². The lowest BCUT2D eigenvalue weighted by molar-refractivity contribution is 0.239. The van der Waals surface area contributed by atoms with Crippen LogP contribution in [0.2, 0.25) is 0 Å². The molecule has 1 unspecified atom stereocenters. The summed E-state index contributed by atoms with van der Waals surface area (Å²) in [4.78, 5) is 0. The Balaban J connectivity index is 1.94. The number of nitrogens with one attached hydrogen (secondary N) is 1. The monoisotopic (exact) mass is 297 g/mol. The molecule has 1 aliphatic rings. The molecule has 0 bridgehead atoms. The van der Waals surface area contributed by atoms with Gasteiger partial charge in [-0.15, -0.1) is 0 Å². The summed E-state index contributed by atoms with van der Waals surface area (Å²) in [6.45, 7) is 3.16. The van der Waals surface area contributed by atoms with E-state index in [-0.39, 0.29) is 0 Å². The smallest absolute Gasteiger partial charge is 0.123 e. The molecule has 1 aromatic rings. The second kappa shape index (κ2) is 5.87. The van der Waals surface area contributed by atoms with Gasteiger partial charge in [0, 0.05) is 22.6 Å². The fourth-order valence-corrected chi connectivity index (χ4v) is 2.67. The van der Waals surface area contributed by atoms with Gasteiger partial charge in [0.05, 0.1) is 7.11 Å². The predicted molar refractivity (Wildman–Crippen MR) is 74.3 cm³/mol. The van der Waals surface area contributed by atoms with Crippen molar-refractivity contribution in [2.24, 2.45) is 5.92 Å². The lowest BCUT2D eigenvalue weighted by Crippen LogP contribution is -2.36.